The predicted molar refractivity (Wildman–Crippen MR) is 110 cm³/mol. The molecule has 1 atom stereocenters. The molecule has 0 aliphatic carbocycles. The molecule has 0 amide bonds. The van der Waals surface area contributed by atoms with Crippen molar-refractivity contribution in [3.8, 4) is 0 Å². The maximum atomic E-state index is 4.76. The van der Waals surface area contributed by atoms with E-state index in [9.17, 15) is 0 Å². The number of pyridine rings is 2. The third-order valence-electron chi connectivity index (χ3n) is 5.29. The topological polar surface area (TPSA) is 66.8 Å². The highest BCUT2D eigenvalue weighted by molar-refractivity contribution is 5.55. The Hall–Kier alpha value is -2.86. The Kier molecular flexibility index (Phi) is 5.30. The molecule has 28 heavy (non-hydrogen) atoms. The standard InChI is InChI=1S/C22H26N6/c1-15-7-4-10-23-19(15)14-28-12-6-9-20(28)18-13-21(26-17(3)25-18)27-22-16(2)8-5-11-24-22/h4-5,7-8,10-11,13,20H,6,9,12,14H2,1-3H3,(H,24,25,26,27)/t20-/m1/s1. The minimum absolute atomic E-state index is 0.286. The van der Waals surface area contributed by atoms with E-state index in [1.165, 1.54) is 12.0 Å². The van der Waals surface area contributed by atoms with Crippen LogP contribution in [0.4, 0.5) is 11.6 Å². The van der Waals surface area contributed by atoms with Crippen LogP contribution < -0.4 is 5.32 Å². The van der Waals surface area contributed by atoms with Gasteiger partial charge in [-0.3, -0.25) is 9.88 Å². The van der Waals surface area contributed by atoms with Gasteiger partial charge in [-0.2, -0.15) is 0 Å². The number of likely N-dealkylation sites (tertiary alicyclic amines) is 1. The van der Waals surface area contributed by atoms with E-state index in [4.69, 9.17) is 4.98 Å². The molecular formula is C22H26N6. The Balaban J connectivity index is 1.58. The average molecular weight is 374 g/mol. The van der Waals surface area contributed by atoms with E-state index in [1.807, 2.05) is 38.2 Å². The lowest BCUT2D eigenvalue weighted by Crippen LogP contribution is -2.25. The van der Waals surface area contributed by atoms with Crippen LogP contribution in [-0.2, 0) is 6.54 Å². The van der Waals surface area contributed by atoms with E-state index in [0.29, 0.717) is 0 Å². The molecule has 1 aliphatic heterocycles. The van der Waals surface area contributed by atoms with Gasteiger partial charge in [0.05, 0.1) is 17.4 Å². The number of hydrogen-bond donors (Lipinski definition) is 1. The minimum atomic E-state index is 0.286. The van der Waals surface area contributed by atoms with Crippen molar-refractivity contribution in [2.75, 3.05) is 11.9 Å². The van der Waals surface area contributed by atoms with Gasteiger partial charge in [-0.15, -0.1) is 0 Å². The molecule has 1 N–H and O–H groups in total. The van der Waals surface area contributed by atoms with Crippen LogP contribution in [0.1, 0.15) is 47.2 Å². The molecule has 0 bridgehead atoms. The van der Waals surface area contributed by atoms with E-state index in [1.54, 1.807) is 6.20 Å². The van der Waals surface area contributed by atoms with Gasteiger partial charge in [0.15, 0.2) is 0 Å². The Morgan fingerprint density at radius 1 is 1.04 bits per heavy atom. The molecule has 6 nitrogen and oxygen atoms in total. The van der Waals surface area contributed by atoms with Gasteiger partial charge < -0.3 is 5.32 Å². The van der Waals surface area contributed by atoms with Crippen LogP contribution in [0.3, 0.4) is 0 Å². The normalized spacial score (nSPS) is 17.0. The fourth-order valence-corrected chi connectivity index (χ4v) is 3.79. The highest BCUT2D eigenvalue weighted by atomic mass is 15.2. The zero-order chi connectivity index (χ0) is 19.5. The van der Waals surface area contributed by atoms with Crippen molar-refractivity contribution >= 4 is 11.6 Å². The molecule has 6 heteroatoms. The summed E-state index contributed by atoms with van der Waals surface area (Å²) >= 11 is 0. The van der Waals surface area contributed by atoms with Gasteiger partial charge in [-0.05, 0) is 63.4 Å². The van der Waals surface area contributed by atoms with Crippen LogP contribution in [0, 0.1) is 20.8 Å². The number of nitrogens with zero attached hydrogens (tertiary/aromatic N) is 5. The van der Waals surface area contributed by atoms with Crippen molar-refractivity contribution in [2.24, 2.45) is 0 Å². The maximum Gasteiger partial charge on any atom is 0.135 e. The van der Waals surface area contributed by atoms with Gasteiger partial charge in [0, 0.05) is 25.0 Å². The first kappa shape index (κ1) is 18.5. The molecule has 0 aromatic carbocycles. The predicted octanol–water partition coefficient (Wildman–Crippen LogP) is 4.27. The number of aryl methyl sites for hydroxylation is 3. The second kappa shape index (κ2) is 8.02. The molecule has 3 aromatic heterocycles. The van der Waals surface area contributed by atoms with E-state index in [2.05, 4.69) is 44.2 Å². The SMILES string of the molecule is Cc1nc(Nc2ncccc2C)cc([C@H]2CCCN2Cc2ncccc2C)n1. The lowest BCUT2D eigenvalue weighted by Gasteiger charge is -2.25. The molecule has 0 radical (unpaired) electrons. The summed E-state index contributed by atoms with van der Waals surface area (Å²) in [5.74, 6) is 2.40. The first-order chi connectivity index (χ1) is 13.6. The molecular weight excluding hydrogens is 348 g/mol. The Labute approximate surface area is 166 Å². The van der Waals surface area contributed by atoms with Gasteiger partial charge in [0.1, 0.15) is 17.5 Å². The zero-order valence-corrected chi connectivity index (χ0v) is 16.7. The molecule has 0 unspecified atom stereocenters. The van der Waals surface area contributed by atoms with Gasteiger partial charge in [-0.25, -0.2) is 15.0 Å². The molecule has 0 saturated carbocycles. The van der Waals surface area contributed by atoms with Gasteiger partial charge >= 0.3 is 0 Å². The number of rotatable bonds is 5. The summed E-state index contributed by atoms with van der Waals surface area (Å²) in [6.45, 7) is 8.02. The van der Waals surface area contributed by atoms with Crippen LogP contribution >= 0.6 is 0 Å². The van der Waals surface area contributed by atoms with Crippen LogP contribution in [0.25, 0.3) is 0 Å². The summed E-state index contributed by atoms with van der Waals surface area (Å²) in [5.41, 5.74) is 4.53. The van der Waals surface area contributed by atoms with Crippen molar-refractivity contribution in [3.63, 3.8) is 0 Å². The van der Waals surface area contributed by atoms with Crippen molar-refractivity contribution in [1.29, 1.82) is 0 Å². The largest absolute Gasteiger partial charge is 0.325 e. The van der Waals surface area contributed by atoms with Crippen LogP contribution in [0.15, 0.2) is 42.7 Å². The summed E-state index contributed by atoms with van der Waals surface area (Å²) in [6, 6.07) is 10.4. The van der Waals surface area contributed by atoms with E-state index >= 15 is 0 Å². The fourth-order valence-electron chi connectivity index (χ4n) is 3.79. The molecule has 0 spiro atoms. The smallest absolute Gasteiger partial charge is 0.135 e. The molecule has 3 aromatic rings. The van der Waals surface area contributed by atoms with Crippen LogP contribution in [0.5, 0.6) is 0 Å². The Morgan fingerprint density at radius 3 is 2.61 bits per heavy atom. The number of aromatic nitrogens is 4. The summed E-state index contributed by atoms with van der Waals surface area (Å²) < 4.78 is 0. The third-order valence-corrected chi connectivity index (χ3v) is 5.29. The second-order valence-electron chi connectivity index (χ2n) is 7.41. The second-order valence-corrected chi connectivity index (χ2v) is 7.41. The van der Waals surface area contributed by atoms with Crippen molar-refractivity contribution in [3.05, 3.63) is 71.1 Å². The first-order valence-electron chi connectivity index (χ1n) is 9.79. The lowest BCUT2D eigenvalue weighted by atomic mass is 10.1. The zero-order valence-electron chi connectivity index (χ0n) is 16.7. The summed E-state index contributed by atoms with van der Waals surface area (Å²) in [7, 11) is 0. The van der Waals surface area contributed by atoms with E-state index in [0.717, 1.165) is 53.9 Å². The minimum Gasteiger partial charge on any atom is -0.325 e. The summed E-state index contributed by atoms with van der Waals surface area (Å²) in [6.07, 6.45) is 5.93. The van der Waals surface area contributed by atoms with Crippen molar-refractivity contribution in [2.45, 2.75) is 46.2 Å². The Bertz CT molecular complexity index is 971. The Morgan fingerprint density at radius 2 is 1.82 bits per heavy atom. The molecule has 4 rings (SSSR count). The molecule has 4 heterocycles. The summed E-state index contributed by atoms with van der Waals surface area (Å²) in [4.78, 5) is 20.8. The monoisotopic (exact) mass is 374 g/mol. The quantitative estimate of drug-likeness (QED) is 0.719. The average Bonchev–Trinajstić information content (AvgIpc) is 3.13. The lowest BCUT2D eigenvalue weighted by molar-refractivity contribution is 0.240. The van der Waals surface area contributed by atoms with Gasteiger partial charge in [0.2, 0.25) is 0 Å². The van der Waals surface area contributed by atoms with E-state index < -0.39 is 0 Å². The third kappa shape index (κ3) is 4.02. The number of hydrogen-bond acceptors (Lipinski definition) is 6. The fraction of sp³-hybridized carbons (Fsp3) is 0.364. The van der Waals surface area contributed by atoms with Crippen LogP contribution in [0.2, 0.25) is 0 Å². The molecule has 1 aliphatic rings. The first-order valence-corrected chi connectivity index (χ1v) is 9.79. The highest BCUT2D eigenvalue weighted by Gasteiger charge is 2.28. The molecule has 144 valence electrons. The molecule has 1 fully saturated rings. The highest BCUT2D eigenvalue weighted by Crippen LogP contribution is 2.33. The van der Waals surface area contributed by atoms with Gasteiger partial charge in [0.25, 0.3) is 0 Å². The maximum absolute atomic E-state index is 4.76. The number of anilines is 2. The van der Waals surface area contributed by atoms with Crippen LogP contribution in [-0.4, -0.2) is 31.4 Å². The van der Waals surface area contributed by atoms with Gasteiger partial charge in [-0.1, -0.05) is 12.1 Å². The summed E-state index contributed by atoms with van der Waals surface area (Å²) in [5, 5.41) is 3.36. The van der Waals surface area contributed by atoms with Crippen molar-refractivity contribution in [1.82, 2.24) is 24.8 Å². The molecule has 1 saturated heterocycles. The van der Waals surface area contributed by atoms with Crippen molar-refractivity contribution < 1.29 is 0 Å². The number of nitrogens with one attached hydrogen (secondary N) is 1. The van der Waals surface area contributed by atoms with E-state index in [-0.39, 0.29) is 6.04 Å².